The van der Waals surface area contributed by atoms with Crippen LogP contribution in [0, 0.1) is 23.2 Å². The molecular weight excluding hydrogens is 398 g/mol. The van der Waals surface area contributed by atoms with Gasteiger partial charge in [0.15, 0.2) is 0 Å². The number of amides is 1. The second-order valence-electron chi connectivity index (χ2n) is 10.5. The predicted octanol–water partition coefficient (Wildman–Crippen LogP) is 5.52. The lowest BCUT2D eigenvalue weighted by atomic mass is 9.54. The highest BCUT2D eigenvalue weighted by atomic mass is 16.4. The number of carboxylic acid groups (broad SMARTS) is 1. The van der Waals surface area contributed by atoms with Crippen LogP contribution in [0.2, 0.25) is 0 Å². The van der Waals surface area contributed by atoms with E-state index in [-0.39, 0.29) is 11.3 Å². The molecule has 0 aliphatic heterocycles. The van der Waals surface area contributed by atoms with Gasteiger partial charge in [-0.25, -0.2) is 4.79 Å². The molecule has 4 heteroatoms. The summed E-state index contributed by atoms with van der Waals surface area (Å²) in [6, 6.07) is 16.0. The van der Waals surface area contributed by atoms with Gasteiger partial charge in [0, 0.05) is 19.5 Å². The van der Waals surface area contributed by atoms with Crippen molar-refractivity contribution in [1.82, 2.24) is 4.90 Å². The fraction of sp³-hybridized carbons (Fsp3) is 0.500. The minimum Gasteiger partial charge on any atom is -0.478 e. The van der Waals surface area contributed by atoms with Crippen LogP contribution in [0.3, 0.4) is 0 Å². The Labute approximate surface area is 190 Å². The summed E-state index contributed by atoms with van der Waals surface area (Å²) in [5, 5.41) is 9.36. The minimum absolute atomic E-state index is 0.0711. The highest BCUT2D eigenvalue weighted by molar-refractivity contribution is 5.88. The summed E-state index contributed by atoms with van der Waals surface area (Å²) >= 11 is 0. The summed E-state index contributed by atoms with van der Waals surface area (Å²) < 4.78 is 0. The number of aryl methyl sites for hydroxylation is 1. The van der Waals surface area contributed by atoms with Gasteiger partial charge >= 0.3 is 5.97 Å². The molecule has 0 heterocycles. The molecule has 2 saturated carbocycles. The van der Waals surface area contributed by atoms with Gasteiger partial charge in [-0.3, -0.25) is 4.79 Å². The Bertz CT molecular complexity index is 1030. The van der Waals surface area contributed by atoms with Crippen molar-refractivity contribution in [2.75, 3.05) is 7.05 Å². The van der Waals surface area contributed by atoms with Crippen molar-refractivity contribution in [3.8, 4) is 0 Å². The molecular formula is C28H33NO3. The first-order chi connectivity index (χ1) is 15.4. The van der Waals surface area contributed by atoms with E-state index >= 15 is 0 Å². The van der Waals surface area contributed by atoms with E-state index in [0.29, 0.717) is 35.8 Å². The summed E-state index contributed by atoms with van der Waals surface area (Å²) in [6.45, 7) is 3.05. The van der Waals surface area contributed by atoms with E-state index in [1.165, 1.54) is 16.7 Å². The van der Waals surface area contributed by atoms with E-state index in [9.17, 15) is 14.7 Å². The number of carbonyl (C=O) groups is 2. The van der Waals surface area contributed by atoms with Gasteiger partial charge in [0.25, 0.3) is 0 Å². The molecule has 4 nitrogen and oxygen atoms in total. The SMILES string of the molecule is CN(Cc1ccccc1)C(=O)[C@H]1CC[C@H]2[C@@H]3CCc4cc(C(=O)O)ccc4[C@H]3CC[C@]12C. The van der Waals surface area contributed by atoms with Crippen molar-refractivity contribution in [3.05, 3.63) is 70.8 Å². The molecule has 5 rings (SSSR count). The van der Waals surface area contributed by atoms with Crippen molar-refractivity contribution in [2.45, 2.75) is 57.9 Å². The lowest BCUT2D eigenvalue weighted by Gasteiger charge is -2.51. The van der Waals surface area contributed by atoms with Crippen LogP contribution in [0.4, 0.5) is 0 Å². The van der Waals surface area contributed by atoms with Crippen LogP contribution in [0.5, 0.6) is 0 Å². The molecule has 2 fully saturated rings. The molecule has 0 radical (unpaired) electrons. The summed E-state index contributed by atoms with van der Waals surface area (Å²) in [4.78, 5) is 26.9. The second-order valence-corrected chi connectivity index (χ2v) is 10.5. The molecule has 0 spiro atoms. The van der Waals surface area contributed by atoms with Gasteiger partial charge < -0.3 is 10.0 Å². The second kappa shape index (κ2) is 8.06. The molecule has 2 aromatic rings. The van der Waals surface area contributed by atoms with Gasteiger partial charge in [-0.05, 0) is 90.5 Å². The zero-order valence-corrected chi connectivity index (χ0v) is 19.1. The van der Waals surface area contributed by atoms with E-state index in [1.807, 2.05) is 36.2 Å². The summed E-state index contributed by atoms with van der Waals surface area (Å²) in [5.41, 5.74) is 4.24. The molecule has 168 valence electrons. The van der Waals surface area contributed by atoms with Gasteiger partial charge in [0.1, 0.15) is 0 Å². The van der Waals surface area contributed by atoms with Crippen molar-refractivity contribution in [1.29, 1.82) is 0 Å². The maximum atomic E-state index is 13.5. The number of carboxylic acids is 1. The van der Waals surface area contributed by atoms with Crippen LogP contribution in [0.15, 0.2) is 48.5 Å². The first-order valence-corrected chi connectivity index (χ1v) is 12.0. The van der Waals surface area contributed by atoms with Crippen molar-refractivity contribution in [3.63, 3.8) is 0 Å². The zero-order chi connectivity index (χ0) is 22.5. The molecule has 0 saturated heterocycles. The molecule has 0 unspecified atom stereocenters. The number of nitrogens with zero attached hydrogens (tertiary/aromatic N) is 1. The van der Waals surface area contributed by atoms with Crippen LogP contribution in [0.25, 0.3) is 0 Å². The number of carbonyl (C=O) groups excluding carboxylic acids is 1. The monoisotopic (exact) mass is 431 g/mol. The predicted molar refractivity (Wildman–Crippen MR) is 124 cm³/mol. The third kappa shape index (κ3) is 3.44. The molecule has 32 heavy (non-hydrogen) atoms. The lowest BCUT2D eigenvalue weighted by molar-refractivity contribution is -0.140. The first-order valence-electron chi connectivity index (χ1n) is 12.0. The number of hydrogen-bond acceptors (Lipinski definition) is 2. The largest absolute Gasteiger partial charge is 0.478 e. The maximum absolute atomic E-state index is 13.5. The zero-order valence-electron chi connectivity index (χ0n) is 19.1. The Morgan fingerprint density at radius 3 is 2.59 bits per heavy atom. The average Bonchev–Trinajstić information content (AvgIpc) is 3.15. The molecule has 1 amide bonds. The first kappa shape index (κ1) is 21.2. The number of aromatic carboxylic acids is 1. The van der Waals surface area contributed by atoms with Crippen LogP contribution in [0.1, 0.15) is 72.0 Å². The van der Waals surface area contributed by atoms with Gasteiger partial charge in [0.05, 0.1) is 5.56 Å². The van der Waals surface area contributed by atoms with Gasteiger partial charge in [-0.15, -0.1) is 0 Å². The Balaban J connectivity index is 1.35. The average molecular weight is 432 g/mol. The number of benzene rings is 2. The van der Waals surface area contributed by atoms with Crippen molar-refractivity contribution >= 4 is 11.9 Å². The summed E-state index contributed by atoms with van der Waals surface area (Å²) in [6.07, 6.45) is 6.37. The van der Waals surface area contributed by atoms with E-state index in [0.717, 1.165) is 38.5 Å². The Morgan fingerprint density at radius 1 is 1.06 bits per heavy atom. The fourth-order valence-electron chi connectivity index (χ4n) is 7.32. The highest BCUT2D eigenvalue weighted by Crippen LogP contribution is 2.63. The quantitative estimate of drug-likeness (QED) is 0.694. The third-order valence-electron chi connectivity index (χ3n) is 8.91. The standard InChI is InChI=1S/C28H33NO3/c1-28-15-14-22-21-10-9-20(27(31)32)16-19(21)8-11-23(22)24(28)12-13-25(28)26(30)29(2)17-18-6-4-3-5-7-18/h3-7,9-10,16,22-25H,8,11-15,17H2,1-2H3,(H,31,32)/t22-,23-,24+,25-,28+/m1/s1. The summed E-state index contributed by atoms with van der Waals surface area (Å²) in [7, 11) is 1.95. The number of rotatable bonds is 4. The number of fused-ring (bicyclic) bond motifs is 5. The molecule has 0 aromatic heterocycles. The van der Waals surface area contributed by atoms with Gasteiger partial charge in [-0.1, -0.05) is 43.3 Å². The van der Waals surface area contributed by atoms with E-state index < -0.39 is 5.97 Å². The van der Waals surface area contributed by atoms with E-state index in [1.54, 1.807) is 6.07 Å². The molecule has 5 atom stereocenters. The normalized spacial score (nSPS) is 30.7. The maximum Gasteiger partial charge on any atom is 0.335 e. The Hall–Kier alpha value is -2.62. The Morgan fingerprint density at radius 2 is 1.84 bits per heavy atom. The highest BCUT2D eigenvalue weighted by Gasteiger charge is 2.57. The van der Waals surface area contributed by atoms with Crippen molar-refractivity contribution in [2.24, 2.45) is 23.2 Å². The summed E-state index contributed by atoms with van der Waals surface area (Å²) in [5.74, 6) is 1.26. The van der Waals surface area contributed by atoms with E-state index in [2.05, 4.69) is 25.1 Å². The van der Waals surface area contributed by atoms with E-state index in [4.69, 9.17) is 0 Å². The van der Waals surface area contributed by atoms with Crippen LogP contribution in [-0.2, 0) is 17.8 Å². The van der Waals surface area contributed by atoms with Crippen LogP contribution < -0.4 is 0 Å². The third-order valence-corrected chi connectivity index (χ3v) is 8.91. The van der Waals surface area contributed by atoms with Crippen LogP contribution >= 0.6 is 0 Å². The topological polar surface area (TPSA) is 57.6 Å². The molecule has 1 N–H and O–H groups in total. The molecule has 3 aliphatic rings. The molecule has 0 bridgehead atoms. The molecule has 3 aliphatic carbocycles. The molecule has 2 aromatic carbocycles. The van der Waals surface area contributed by atoms with Crippen molar-refractivity contribution < 1.29 is 14.7 Å². The minimum atomic E-state index is -0.845. The number of hydrogen-bond donors (Lipinski definition) is 1. The Kier molecular flexibility index (Phi) is 5.35. The van der Waals surface area contributed by atoms with Crippen LogP contribution in [-0.4, -0.2) is 28.9 Å². The smallest absolute Gasteiger partial charge is 0.335 e. The lowest BCUT2D eigenvalue weighted by Crippen LogP contribution is -2.46. The van der Waals surface area contributed by atoms with Gasteiger partial charge in [-0.2, -0.15) is 0 Å². The van der Waals surface area contributed by atoms with Gasteiger partial charge in [0.2, 0.25) is 5.91 Å². The fourth-order valence-corrected chi connectivity index (χ4v) is 7.32.